The van der Waals surface area contributed by atoms with Gasteiger partial charge in [-0.05, 0) is 18.9 Å². The minimum atomic E-state index is 0.0862. The van der Waals surface area contributed by atoms with Crippen LogP contribution >= 0.6 is 22.9 Å². The Kier molecular flexibility index (Phi) is 6.07. The van der Waals surface area contributed by atoms with E-state index in [1.54, 1.807) is 0 Å². The molecule has 1 heterocycles. The van der Waals surface area contributed by atoms with E-state index in [-0.39, 0.29) is 5.91 Å². The van der Waals surface area contributed by atoms with Crippen molar-refractivity contribution in [3.05, 3.63) is 34.2 Å². The molecule has 0 saturated carbocycles. The van der Waals surface area contributed by atoms with E-state index in [2.05, 4.69) is 13.8 Å². The van der Waals surface area contributed by atoms with Gasteiger partial charge in [0.2, 0.25) is 0 Å². The summed E-state index contributed by atoms with van der Waals surface area (Å²) in [5.74, 6) is 0.0862. The number of halogens is 1. The number of benzene rings is 1. The van der Waals surface area contributed by atoms with Crippen LogP contribution in [-0.4, -0.2) is 23.9 Å². The van der Waals surface area contributed by atoms with E-state index < -0.39 is 0 Å². The molecule has 4 heteroatoms. The highest BCUT2D eigenvalue weighted by Crippen LogP contribution is 2.35. The SMILES string of the molecule is CCCCN(CCCC)C(=O)c1sc2ccccc2c1Cl. The van der Waals surface area contributed by atoms with Gasteiger partial charge in [-0.15, -0.1) is 11.3 Å². The summed E-state index contributed by atoms with van der Waals surface area (Å²) >= 11 is 7.93. The summed E-state index contributed by atoms with van der Waals surface area (Å²) in [5, 5.41) is 1.59. The van der Waals surface area contributed by atoms with Crippen molar-refractivity contribution in [3.8, 4) is 0 Å². The number of carbonyl (C=O) groups is 1. The largest absolute Gasteiger partial charge is 0.338 e. The lowest BCUT2D eigenvalue weighted by molar-refractivity contribution is 0.0756. The van der Waals surface area contributed by atoms with E-state index >= 15 is 0 Å². The molecule has 0 aliphatic carbocycles. The third-order valence-corrected chi connectivity index (χ3v) is 5.24. The van der Waals surface area contributed by atoms with Crippen molar-refractivity contribution in [3.63, 3.8) is 0 Å². The number of rotatable bonds is 7. The van der Waals surface area contributed by atoms with Gasteiger partial charge >= 0.3 is 0 Å². The highest BCUT2D eigenvalue weighted by Gasteiger charge is 2.21. The van der Waals surface area contributed by atoms with Crippen LogP contribution < -0.4 is 0 Å². The Morgan fingerprint density at radius 3 is 2.33 bits per heavy atom. The Morgan fingerprint density at radius 2 is 1.76 bits per heavy atom. The standard InChI is InChI=1S/C17H22ClNOS/c1-3-5-11-19(12-6-4-2)17(20)16-15(18)13-9-7-8-10-14(13)21-16/h7-10H,3-6,11-12H2,1-2H3. The molecular formula is C17H22ClNOS. The lowest BCUT2D eigenvalue weighted by atomic mass is 10.2. The molecule has 0 spiro atoms. The molecule has 0 aliphatic heterocycles. The molecule has 2 aromatic rings. The summed E-state index contributed by atoms with van der Waals surface area (Å²) in [6.07, 6.45) is 4.27. The Labute approximate surface area is 135 Å². The lowest BCUT2D eigenvalue weighted by Gasteiger charge is -2.21. The van der Waals surface area contributed by atoms with Crippen molar-refractivity contribution in [1.82, 2.24) is 4.90 Å². The summed E-state index contributed by atoms with van der Waals surface area (Å²) in [7, 11) is 0. The number of thiophene rings is 1. The molecule has 1 amide bonds. The summed E-state index contributed by atoms with van der Waals surface area (Å²) < 4.78 is 1.08. The van der Waals surface area contributed by atoms with Crippen LogP contribution in [0.1, 0.15) is 49.2 Å². The van der Waals surface area contributed by atoms with Crippen LogP contribution in [0, 0.1) is 0 Å². The third-order valence-electron chi connectivity index (χ3n) is 3.58. The Balaban J connectivity index is 2.26. The van der Waals surface area contributed by atoms with Gasteiger partial charge in [-0.2, -0.15) is 0 Å². The highest BCUT2D eigenvalue weighted by atomic mass is 35.5. The molecule has 0 bridgehead atoms. The molecule has 0 N–H and O–H groups in total. The monoisotopic (exact) mass is 323 g/mol. The number of nitrogens with zero attached hydrogens (tertiary/aromatic N) is 1. The minimum Gasteiger partial charge on any atom is -0.338 e. The average molecular weight is 324 g/mol. The van der Waals surface area contributed by atoms with Gasteiger partial charge in [0, 0.05) is 23.2 Å². The molecule has 2 rings (SSSR count). The van der Waals surface area contributed by atoms with Gasteiger partial charge in [0.25, 0.3) is 5.91 Å². The second kappa shape index (κ2) is 7.81. The first kappa shape index (κ1) is 16.3. The summed E-state index contributed by atoms with van der Waals surface area (Å²) in [4.78, 5) is 15.4. The van der Waals surface area contributed by atoms with E-state index in [9.17, 15) is 4.79 Å². The molecule has 1 aromatic carbocycles. The van der Waals surface area contributed by atoms with Gasteiger partial charge in [-0.3, -0.25) is 4.79 Å². The van der Waals surface area contributed by atoms with Crippen LogP contribution in [0.5, 0.6) is 0 Å². The number of carbonyl (C=O) groups excluding carboxylic acids is 1. The highest BCUT2D eigenvalue weighted by molar-refractivity contribution is 7.21. The predicted octanol–water partition coefficient (Wildman–Crippen LogP) is 5.60. The van der Waals surface area contributed by atoms with E-state index in [4.69, 9.17) is 11.6 Å². The Hall–Kier alpha value is -1.06. The second-order valence-electron chi connectivity index (χ2n) is 5.24. The maximum atomic E-state index is 12.8. The minimum absolute atomic E-state index is 0.0862. The fourth-order valence-electron chi connectivity index (χ4n) is 2.31. The van der Waals surface area contributed by atoms with Gasteiger partial charge in [-0.1, -0.05) is 56.5 Å². The maximum absolute atomic E-state index is 12.8. The maximum Gasteiger partial charge on any atom is 0.265 e. The normalized spacial score (nSPS) is 11.0. The predicted molar refractivity (Wildman–Crippen MR) is 92.6 cm³/mol. The van der Waals surface area contributed by atoms with Crippen molar-refractivity contribution in [2.75, 3.05) is 13.1 Å². The number of amides is 1. The lowest BCUT2D eigenvalue weighted by Crippen LogP contribution is -2.32. The van der Waals surface area contributed by atoms with Gasteiger partial charge in [-0.25, -0.2) is 0 Å². The van der Waals surface area contributed by atoms with Crippen molar-refractivity contribution in [1.29, 1.82) is 0 Å². The molecular weight excluding hydrogens is 302 g/mol. The Morgan fingerprint density at radius 1 is 1.14 bits per heavy atom. The summed E-state index contributed by atoms with van der Waals surface area (Å²) in [5.41, 5.74) is 0. The van der Waals surface area contributed by atoms with Gasteiger partial charge < -0.3 is 4.90 Å². The summed E-state index contributed by atoms with van der Waals surface area (Å²) in [6.45, 7) is 5.93. The van der Waals surface area contributed by atoms with Crippen LogP contribution in [-0.2, 0) is 0 Å². The fraction of sp³-hybridized carbons (Fsp3) is 0.471. The smallest absolute Gasteiger partial charge is 0.265 e. The molecule has 0 radical (unpaired) electrons. The molecule has 114 valence electrons. The van der Waals surface area contributed by atoms with E-state index in [1.807, 2.05) is 29.2 Å². The van der Waals surface area contributed by atoms with Crippen LogP contribution in [0.3, 0.4) is 0 Å². The van der Waals surface area contributed by atoms with Gasteiger partial charge in [0.1, 0.15) is 4.88 Å². The molecule has 0 aliphatic rings. The fourth-order valence-corrected chi connectivity index (χ4v) is 3.79. The molecule has 0 saturated heterocycles. The van der Waals surface area contributed by atoms with Crippen LogP contribution in [0.15, 0.2) is 24.3 Å². The van der Waals surface area contributed by atoms with Crippen molar-refractivity contribution >= 4 is 38.9 Å². The van der Waals surface area contributed by atoms with Crippen molar-refractivity contribution < 1.29 is 4.79 Å². The van der Waals surface area contributed by atoms with Crippen molar-refractivity contribution in [2.24, 2.45) is 0 Å². The quantitative estimate of drug-likeness (QED) is 0.649. The van der Waals surface area contributed by atoms with E-state index in [1.165, 1.54) is 11.3 Å². The number of hydrogen-bond donors (Lipinski definition) is 0. The zero-order valence-corrected chi connectivity index (χ0v) is 14.3. The average Bonchev–Trinajstić information content (AvgIpc) is 2.84. The number of unbranched alkanes of at least 4 members (excludes halogenated alkanes) is 2. The topological polar surface area (TPSA) is 20.3 Å². The second-order valence-corrected chi connectivity index (χ2v) is 6.67. The molecule has 0 fully saturated rings. The van der Waals surface area contributed by atoms with Gasteiger partial charge in [0.05, 0.1) is 5.02 Å². The molecule has 0 atom stereocenters. The van der Waals surface area contributed by atoms with E-state index in [0.29, 0.717) is 9.90 Å². The summed E-state index contributed by atoms with van der Waals surface area (Å²) in [6, 6.07) is 7.94. The van der Waals surface area contributed by atoms with Crippen molar-refractivity contribution in [2.45, 2.75) is 39.5 Å². The zero-order valence-electron chi connectivity index (χ0n) is 12.7. The zero-order chi connectivity index (χ0) is 15.2. The van der Waals surface area contributed by atoms with Crippen LogP contribution in [0.2, 0.25) is 5.02 Å². The molecule has 2 nitrogen and oxygen atoms in total. The van der Waals surface area contributed by atoms with E-state index in [0.717, 1.165) is 48.9 Å². The van der Waals surface area contributed by atoms with Crippen LogP contribution in [0.25, 0.3) is 10.1 Å². The first-order valence-corrected chi connectivity index (χ1v) is 8.84. The molecule has 0 unspecified atom stereocenters. The Bertz CT molecular complexity index is 600. The van der Waals surface area contributed by atoms with Gasteiger partial charge in [0.15, 0.2) is 0 Å². The number of fused-ring (bicyclic) bond motifs is 1. The number of hydrogen-bond acceptors (Lipinski definition) is 2. The third kappa shape index (κ3) is 3.78. The first-order chi connectivity index (χ1) is 10.2. The van der Waals surface area contributed by atoms with Crippen LogP contribution in [0.4, 0.5) is 0 Å². The molecule has 1 aromatic heterocycles. The molecule has 21 heavy (non-hydrogen) atoms. The first-order valence-electron chi connectivity index (χ1n) is 7.65.